The molecule has 60 heavy (non-hydrogen) atoms. The number of hydrogen-bond acceptors (Lipinski definition) is 3. The summed E-state index contributed by atoms with van der Waals surface area (Å²) in [7, 11) is 0. The van der Waals surface area contributed by atoms with Gasteiger partial charge in [0.2, 0.25) is 0 Å². The van der Waals surface area contributed by atoms with Crippen molar-refractivity contribution in [3.05, 3.63) is 216 Å². The van der Waals surface area contributed by atoms with Gasteiger partial charge in [0.25, 0.3) is 0 Å². The molecular formula is C57H40N2O. The summed E-state index contributed by atoms with van der Waals surface area (Å²) in [6, 6.07) is 67.8. The van der Waals surface area contributed by atoms with Crippen molar-refractivity contribution >= 4 is 21.9 Å². The Hall–Kier alpha value is -7.36. The van der Waals surface area contributed by atoms with Gasteiger partial charge in [-0.15, -0.1) is 0 Å². The highest BCUT2D eigenvalue weighted by Gasteiger charge is 2.41. The van der Waals surface area contributed by atoms with Crippen LogP contribution in [0.2, 0.25) is 0 Å². The molecule has 284 valence electrons. The van der Waals surface area contributed by atoms with Crippen LogP contribution in [-0.2, 0) is 10.8 Å². The molecule has 0 amide bonds. The highest BCUT2D eigenvalue weighted by Crippen LogP contribution is 2.54. The first kappa shape index (κ1) is 34.7. The van der Waals surface area contributed by atoms with Crippen molar-refractivity contribution in [3.63, 3.8) is 0 Å². The standard InChI is InChI=1S/C57H40N2O/c1-56(2)47-21-10-7-17-41(47)44-19-13-20-45(54(44)56)55-58-50(36-26-24-35(25-27-36)37-29-31-53-46(32-37)43-18-9-12-23-52(43)60-53)34-51(59-55)38-28-30-42-40-16-8-11-22-48(40)57(3,49(42)33-38)39-14-5-4-6-15-39/h4-34H,1-3H3. The van der Waals surface area contributed by atoms with E-state index >= 15 is 0 Å². The van der Waals surface area contributed by atoms with Gasteiger partial charge in [0.05, 0.1) is 11.4 Å². The van der Waals surface area contributed by atoms with E-state index in [-0.39, 0.29) is 10.8 Å². The summed E-state index contributed by atoms with van der Waals surface area (Å²) >= 11 is 0. The zero-order valence-corrected chi connectivity index (χ0v) is 33.7. The number of nitrogens with zero attached hydrogens (tertiary/aromatic N) is 2. The van der Waals surface area contributed by atoms with E-state index in [1.807, 2.05) is 12.1 Å². The van der Waals surface area contributed by atoms with E-state index < -0.39 is 0 Å². The Morgan fingerprint density at radius 2 is 0.967 bits per heavy atom. The summed E-state index contributed by atoms with van der Waals surface area (Å²) in [5.74, 6) is 0.733. The Bertz CT molecular complexity index is 3360. The van der Waals surface area contributed by atoms with Crippen LogP contribution >= 0.6 is 0 Å². The fourth-order valence-electron chi connectivity index (χ4n) is 10.4. The van der Waals surface area contributed by atoms with Gasteiger partial charge in [-0.2, -0.15) is 0 Å². The van der Waals surface area contributed by atoms with Gasteiger partial charge in [0.15, 0.2) is 5.82 Å². The van der Waals surface area contributed by atoms with Crippen LogP contribution in [0.15, 0.2) is 192 Å². The van der Waals surface area contributed by atoms with Crippen LogP contribution < -0.4 is 0 Å². The molecule has 2 aliphatic carbocycles. The Balaban J connectivity index is 1.03. The van der Waals surface area contributed by atoms with Crippen LogP contribution in [0.25, 0.3) is 89.2 Å². The van der Waals surface area contributed by atoms with E-state index in [0.717, 1.165) is 67.0 Å². The Morgan fingerprint density at radius 1 is 0.383 bits per heavy atom. The number of rotatable bonds is 5. The Kier molecular flexibility index (Phi) is 7.40. The average molecular weight is 769 g/mol. The van der Waals surface area contributed by atoms with Gasteiger partial charge in [-0.05, 0) is 98.5 Å². The van der Waals surface area contributed by atoms with E-state index in [1.165, 1.54) is 50.1 Å². The lowest BCUT2D eigenvalue weighted by molar-refractivity contribution is 0.661. The molecule has 10 aromatic rings. The minimum Gasteiger partial charge on any atom is -0.456 e. The highest BCUT2D eigenvalue weighted by molar-refractivity contribution is 6.06. The first-order valence-corrected chi connectivity index (χ1v) is 20.8. The highest BCUT2D eigenvalue weighted by atomic mass is 16.3. The lowest BCUT2D eigenvalue weighted by atomic mass is 9.74. The van der Waals surface area contributed by atoms with E-state index in [0.29, 0.717) is 0 Å². The number of aromatic nitrogens is 2. The van der Waals surface area contributed by atoms with Gasteiger partial charge >= 0.3 is 0 Å². The smallest absolute Gasteiger partial charge is 0.160 e. The monoisotopic (exact) mass is 768 g/mol. The zero-order valence-electron chi connectivity index (χ0n) is 33.7. The summed E-state index contributed by atoms with van der Waals surface area (Å²) in [6.45, 7) is 7.03. The third-order valence-electron chi connectivity index (χ3n) is 13.4. The van der Waals surface area contributed by atoms with Crippen molar-refractivity contribution in [2.75, 3.05) is 0 Å². The third kappa shape index (κ3) is 5.02. The van der Waals surface area contributed by atoms with Gasteiger partial charge in [-0.25, -0.2) is 9.97 Å². The molecule has 0 N–H and O–H groups in total. The molecule has 0 radical (unpaired) electrons. The van der Waals surface area contributed by atoms with Crippen molar-refractivity contribution < 1.29 is 4.42 Å². The SMILES string of the molecule is CC1(C)c2ccccc2-c2cccc(-c3nc(-c4ccc(-c5ccc6oc7ccccc7c6c5)cc4)cc(-c4ccc5c(c4)C(C)(c4ccccc4)c4ccccc4-5)n3)c21. The van der Waals surface area contributed by atoms with Gasteiger partial charge in [0, 0.05) is 38.3 Å². The molecule has 3 nitrogen and oxygen atoms in total. The van der Waals surface area contributed by atoms with Crippen molar-refractivity contribution in [2.24, 2.45) is 0 Å². The summed E-state index contributed by atoms with van der Waals surface area (Å²) in [5.41, 5.74) is 20.1. The molecule has 0 saturated heterocycles. The normalized spacial score (nSPS) is 15.8. The fraction of sp³-hybridized carbons (Fsp3) is 0.0877. The molecule has 2 heterocycles. The number of benzene rings is 8. The fourth-order valence-corrected chi connectivity index (χ4v) is 10.4. The molecule has 12 rings (SSSR count). The quantitative estimate of drug-likeness (QED) is 0.175. The summed E-state index contributed by atoms with van der Waals surface area (Å²) in [5, 5.41) is 2.25. The van der Waals surface area contributed by atoms with Crippen LogP contribution in [0, 0.1) is 0 Å². The molecule has 1 unspecified atom stereocenters. The van der Waals surface area contributed by atoms with Gasteiger partial charge < -0.3 is 4.42 Å². The second kappa shape index (κ2) is 12.8. The molecular weight excluding hydrogens is 729 g/mol. The first-order valence-electron chi connectivity index (χ1n) is 20.8. The predicted molar refractivity (Wildman–Crippen MR) is 246 cm³/mol. The lowest BCUT2D eigenvalue weighted by Crippen LogP contribution is -2.22. The van der Waals surface area contributed by atoms with Gasteiger partial charge in [-0.3, -0.25) is 0 Å². The van der Waals surface area contributed by atoms with Crippen molar-refractivity contribution in [3.8, 4) is 67.3 Å². The molecule has 3 heteroatoms. The third-order valence-corrected chi connectivity index (χ3v) is 13.4. The van der Waals surface area contributed by atoms with E-state index in [2.05, 4.69) is 197 Å². The average Bonchev–Trinajstić information content (AvgIpc) is 3.89. The second-order valence-electron chi connectivity index (χ2n) is 17.0. The molecule has 0 spiro atoms. The Morgan fingerprint density at radius 3 is 1.78 bits per heavy atom. The summed E-state index contributed by atoms with van der Waals surface area (Å²) in [6.07, 6.45) is 0. The maximum Gasteiger partial charge on any atom is 0.160 e. The molecule has 8 aromatic carbocycles. The number of para-hydroxylation sites is 1. The maximum absolute atomic E-state index is 6.13. The molecule has 0 fully saturated rings. The molecule has 0 saturated carbocycles. The van der Waals surface area contributed by atoms with E-state index in [9.17, 15) is 0 Å². The Labute approximate surface area is 349 Å². The lowest BCUT2D eigenvalue weighted by Gasteiger charge is -2.28. The van der Waals surface area contributed by atoms with Gasteiger partial charge in [-0.1, -0.05) is 172 Å². The molecule has 2 aliphatic rings. The first-order chi connectivity index (χ1) is 29.4. The topological polar surface area (TPSA) is 38.9 Å². The van der Waals surface area contributed by atoms with Crippen LogP contribution in [-0.4, -0.2) is 9.97 Å². The van der Waals surface area contributed by atoms with Crippen molar-refractivity contribution in [1.29, 1.82) is 0 Å². The van der Waals surface area contributed by atoms with Crippen molar-refractivity contribution in [2.45, 2.75) is 31.6 Å². The second-order valence-corrected chi connectivity index (χ2v) is 17.0. The molecule has 0 aliphatic heterocycles. The molecule has 2 aromatic heterocycles. The van der Waals surface area contributed by atoms with E-state index in [1.54, 1.807) is 0 Å². The minimum atomic E-state index is -0.320. The maximum atomic E-state index is 6.13. The molecule has 1 atom stereocenters. The van der Waals surface area contributed by atoms with Crippen LogP contribution in [0.3, 0.4) is 0 Å². The van der Waals surface area contributed by atoms with Crippen LogP contribution in [0.5, 0.6) is 0 Å². The predicted octanol–water partition coefficient (Wildman–Crippen LogP) is 14.7. The number of hydrogen-bond donors (Lipinski definition) is 0. The van der Waals surface area contributed by atoms with Gasteiger partial charge in [0.1, 0.15) is 11.2 Å². The number of furan rings is 1. The van der Waals surface area contributed by atoms with Crippen LogP contribution in [0.4, 0.5) is 0 Å². The number of fused-ring (bicyclic) bond motifs is 9. The largest absolute Gasteiger partial charge is 0.456 e. The summed E-state index contributed by atoms with van der Waals surface area (Å²) in [4.78, 5) is 10.9. The minimum absolute atomic E-state index is 0.220. The van der Waals surface area contributed by atoms with E-state index in [4.69, 9.17) is 14.4 Å². The molecule has 0 bridgehead atoms. The van der Waals surface area contributed by atoms with Crippen molar-refractivity contribution in [1.82, 2.24) is 9.97 Å². The summed E-state index contributed by atoms with van der Waals surface area (Å²) < 4.78 is 6.13. The zero-order chi connectivity index (χ0) is 40.2. The van der Waals surface area contributed by atoms with Crippen LogP contribution in [0.1, 0.15) is 48.6 Å².